The molecule has 0 aliphatic carbocycles. The summed E-state index contributed by atoms with van der Waals surface area (Å²) >= 11 is 0. The number of rotatable bonds is 5. The number of ketones is 1. The van der Waals surface area contributed by atoms with Crippen LogP contribution in [0.3, 0.4) is 0 Å². The molecule has 0 fully saturated rings. The first-order valence-corrected chi connectivity index (χ1v) is 6.01. The van der Waals surface area contributed by atoms with Crippen LogP contribution in [0, 0.1) is 0 Å². The Hall–Kier alpha value is -2.89. The second kappa shape index (κ2) is 7.64. The molecule has 0 aromatic heterocycles. The van der Waals surface area contributed by atoms with Crippen LogP contribution in [0.4, 0.5) is 5.69 Å². The van der Waals surface area contributed by atoms with E-state index in [9.17, 15) is 19.5 Å². The Morgan fingerprint density at radius 2 is 1.90 bits per heavy atom. The van der Waals surface area contributed by atoms with Gasteiger partial charge in [0, 0.05) is 12.2 Å². The summed E-state index contributed by atoms with van der Waals surface area (Å²) in [4.78, 5) is 33.2. The molecule has 0 unspecified atom stereocenters. The molecule has 0 bridgehead atoms. The summed E-state index contributed by atoms with van der Waals surface area (Å²) < 4.78 is 4.35. The normalized spacial score (nSPS) is 10.8. The molecule has 0 aliphatic rings. The van der Waals surface area contributed by atoms with Gasteiger partial charge >= 0.3 is 5.97 Å². The van der Waals surface area contributed by atoms with Crippen molar-refractivity contribution in [2.75, 3.05) is 12.4 Å². The Labute approximate surface area is 121 Å². The van der Waals surface area contributed by atoms with E-state index >= 15 is 0 Å². The maximum atomic E-state index is 11.5. The Balaban J connectivity index is 2.77. The number of hydrogen-bond donors (Lipinski definition) is 2. The van der Waals surface area contributed by atoms with Gasteiger partial charge in [0.1, 0.15) is 5.75 Å². The van der Waals surface area contributed by atoms with Crippen LogP contribution in [0.1, 0.15) is 12.5 Å². The zero-order valence-electron chi connectivity index (χ0n) is 11.6. The molecular formula is C15H15NO5. The summed E-state index contributed by atoms with van der Waals surface area (Å²) in [6.45, 7) is 1.42. The van der Waals surface area contributed by atoms with Gasteiger partial charge in [-0.05, 0) is 30.7 Å². The molecule has 0 saturated heterocycles. The number of aromatic hydroxyl groups is 1. The summed E-state index contributed by atoms with van der Waals surface area (Å²) in [6.07, 6.45) is 4.88. The van der Waals surface area contributed by atoms with E-state index in [2.05, 4.69) is 10.1 Å². The number of allylic oxidation sites excluding steroid dienone is 1. The molecule has 1 aromatic rings. The Bertz CT molecular complexity index is 616. The molecule has 0 radical (unpaired) electrons. The van der Waals surface area contributed by atoms with Crippen molar-refractivity contribution < 1.29 is 24.2 Å². The van der Waals surface area contributed by atoms with Crippen LogP contribution in [0.2, 0.25) is 0 Å². The number of methoxy groups -OCH3 is 1. The zero-order valence-corrected chi connectivity index (χ0v) is 11.6. The highest BCUT2D eigenvalue weighted by molar-refractivity contribution is 6.03. The first kappa shape index (κ1) is 16.2. The number of anilines is 1. The second-order valence-electron chi connectivity index (χ2n) is 4.07. The topological polar surface area (TPSA) is 92.7 Å². The molecule has 1 amide bonds. The highest BCUT2D eigenvalue weighted by Crippen LogP contribution is 2.24. The number of amides is 1. The SMILES string of the molecule is COC(=O)/C=C/C(=O)Nc1ccc(/C=C/C(C)=O)cc1O. The fourth-order valence-electron chi connectivity index (χ4n) is 1.36. The van der Waals surface area contributed by atoms with Crippen molar-refractivity contribution in [2.45, 2.75) is 6.92 Å². The van der Waals surface area contributed by atoms with E-state index in [-0.39, 0.29) is 17.2 Å². The van der Waals surface area contributed by atoms with Crippen LogP contribution in [-0.2, 0) is 19.1 Å². The van der Waals surface area contributed by atoms with Crippen LogP contribution < -0.4 is 5.32 Å². The maximum absolute atomic E-state index is 11.5. The number of phenolic OH excluding ortho intramolecular Hbond substituents is 1. The number of hydrogen-bond acceptors (Lipinski definition) is 5. The van der Waals surface area contributed by atoms with E-state index in [1.807, 2.05) is 0 Å². The molecule has 1 rings (SSSR count). The van der Waals surface area contributed by atoms with E-state index in [0.717, 1.165) is 12.2 Å². The fraction of sp³-hybridized carbons (Fsp3) is 0.133. The minimum absolute atomic E-state index is 0.111. The van der Waals surface area contributed by atoms with Crippen molar-refractivity contribution >= 4 is 29.4 Å². The van der Waals surface area contributed by atoms with Crippen LogP contribution in [0.5, 0.6) is 5.75 Å². The molecule has 0 heterocycles. The highest BCUT2D eigenvalue weighted by atomic mass is 16.5. The van der Waals surface area contributed by atoms with Crippen molar-refractivity contribution in [3.05, 3.63) is 42.0 Å². The molecule has 0 spiro atoms. The summed E-state index contributed by atoms with van der Waals surface area (Å²) in [5.74, 6) is -1.50. The predicted octanol–water partition coefficient (Wildman–Crippen LogP) is 1.66. The minimum atomic E-state index is -0.654. The average molecular weight is 289 g/mol. The van der Waals surface area contributed by atoms with Gasteiger partial charge in [0.25, 0.3) is 0 Å². The summed E-state index contributed by atoms with van der Waals surface area (Å²) in [7, 11) is 1.20. The van der Waals surface area contributed by atoms with Gasteiger partial charge in [-0.3, -0.25) is 9.59 Å². The van der Waals surface area contributed by atoms with E-state index in [4.69, 9.17) is 0 Å². The minimum Gasteiger partial charge on any atom is -0.506 e. The first-order valence-electron chi connectivity index (χ1n) is 6.01. The molecule has 110 valence electrons. The number of nitrogens with one attached hydrogen (secondary N) is 1. The Kier molecular flexibility index (Phi) is 5.88. The van der Waals surface area contributed by atoms with Gasteiger partial charge in [-0.25, -0.2) is 4.79 Å². The van der Waals surface area contributed by atoms with E-state index in [1.54, 1.807) is 12.1 Å². The van der Waals surface area contributed by atoms with Crippen molar-refractivity contribution in [2.24, 2.45) is 0 Å². The smallest absolute Gasteiger partial charge is 0.330 e. The first-order chi connectivity index (χ1) is 9.92. The van der Waals surface area contributed by atoms with E-state index in [0.29, 0.717) is 5.56 Å². The standard InChI is InChI=1S/C15H15NO5/c1-10(17)3-4-11-5-6-12(13(18)9-11)16-14(19)7-8-15(20)21-2/h3-9,18H,1-2H3,(H,16,19)/b4-3+,8-7+. The van der Waals surface area contributed by atoms with Gasteiger partial charge < -0.3 is 15.2 Å². The third-order valence-electron chi connectivity index (χ3n) is 2.36. The van der Waals surface area contributed by atoms with Crippen LogP contribution in [0.25, 0.3) is 6.08 Å². The molecule has 0 atom stereocenters. The zero-order chi connectivity index (χ0) is 15.8. The average Bonchev–Trinajstić information content (AvgIpc) is 2.45. The molecule has 2 N–H and O–H groups in total. The molecule has 21 heavy (non-hydrogen) atoms. The largest absolute Gasteiger partial charge is 0.506 e. The van der Waals surface area contributed by atoms with Gasteiger partial charge in [-0.15, -0.1) is 0 Å². The third kappa shape index (κ3) is 5.73. The lowest BCUT2D eigenvalue weighted by molar-refractivity contribution is -0.135. The van der Waals surface area contributed by atoms with Crippen LogP contribution in [-0.4, -0.2) is 29.9 Å². The van der Waals surface area contributed by atoms with Crippen LogP contribution in [0.15, 0.2) is 36.4 Å². The molecule has 1 aromatic carbocycles. The van der Waals surface area contributed by atoms with E-state index < -0.39 is 11.9 Å². The molecule has 6 nitrogen and oxygen atoms in total. The maximum Gasteiger partial charge on any atom is 0.330 e. The van der Waals surface area contributed by atoms with Crippen molar-refractivity contribution in [3.8, 4) is 5.75 Å². The Morgan fingerprint density at radius 3 is 2.48 bits per heavy atom. The molecule has 0 aliphatic heterocycles. The van der Waals surface area contributed by atoms with Crippen molar-refractivity contribution in [1.82, 2.24) is 0 Å². The van der Waals surface area contributed by atoms with Gasteiger partial charge in [-0.2, -0.15) is 0 Å². The number of phenols is 1. The Morgan fingerprint density at radius 1 is 1.19 bits per heavy atom. The molecule has 0 saturated carbocycles. The lowest BCUT2D eigenvalue weighted by Crippen LogP contribution is -2.09. The summed E-state index contributed by atoms with van der Waals surface area (Å²) in [5, 5.41) is 12.2. The van der Waals surface area contributed by atoms with E-state index in [1.165, 1.54) is 32.2 Å². The predicted molar refractivity (Wildman–Crippen MR) is 77.6 cm³/mol. The van der Waals surface area contributed by atoms with Gasteiger partial charge in [-0.1, -0.05) is 12.1 Å². The lowest BCUT2D eigenvalue weighted by atomic mass is 10.1. The summed E-state index contributed by atoms with van der Waals surface area (Å²) in [5.41, 5.74) is 0.806. The molecule has 6 heteroatoms. The number of carbonyl (C=O) groups excluding carboxylic acids is 3. The quantitative estimate of drug-likeness (QED) is 0.488. The lowest BCUT2D eigenvalue weighted by Gasteiger charge is -2.05. The van der Waals surface area contributed by atoms with Crippen molar-refractivity contribution in [1.29, 1.82) is 0 Å². The third-order valence-corrected chi connectivity index (χ3v) is 2.36. The summed E-state index contributed by atoms with van der Waals surface area (Å²) in [6, 6.07) is 4.51. The number of carbonyl (C=O) groups is 3. The number of ether oxygens (including phenoxy) is 1. The van der Waals surface area contributed by atoms with Crippen molar-refractivity contribution in [3.63, 3.8) is 0 Å². The van der Waals surface area contributed by atoms with Gasteiger partial charge in [0.2, 0.25) is 5.91 Å². The highest BCUT2D eigenvalue weighted by Gasteiger charge is 2.05. The number of esters is 1. The fourth-order valence-corrected chi connectivity index (χ4v) is 1.36. The van der Waals surface area contributed by atoms with Crippen LogP contribution >= 0.6 is 0 Å². The van der Waals surface area contributed by atoms with Gasteiger partial charge in [0.05, 0.1) is 12.8 Å². The number of benzene rings is 1. The van der Waals surface area contributed by atoms with Gasteiger partial charge in [0.15, 0.2) is 5.78 Å². The monoisotopic (exact) mass is 289 g/mol. The molecular weight excluding hydrogens is 274 g/mol. The second-order valence-corrected chi connectivity index (χ2v) is 4.07.